The second-order valence-electron chi connectivity index (χ2n) is 2.15. The van der Waals surface area contributed by atoms with E-state index in [-0.39, 0.29) is 30.1 Å². The van der Waals surface area contributed by atoms with Crippen molar-refractivity contribution < 1.29 is 23.1 Å². The van der Waals surface area contributed by atoms with Crippen molar-refractivity contribution in [2.75, 3.05) is 19.4 Å². The summed E-state index contributed by atoms with van der Waals surface area (Å²) in [7, 11) is -5.79. The fourth-order valence-electron chi connectivity index (χ4n) is 0.591. The zero-order valence-corrected chi connectivity index (χ0v) is 9.36. The van der Waals surface area contributed by atoms with Crippen LogP contribution in [-0.4, -0.2) is 41.6 Å². The van der Waals surface area contributed by atoms with Crippen LogP contribution in [0.3, 0.4) is 0 Å². The molecule has 1 atom stereocenters. The second kappa shape index (κ2) is 9.20. The van der Waals surface area contributed by atoms with Crippen LogP contribution in [0, 0.1) is 0 Å². The zero-order valence-electron chi connectivity index (χ0n) is 7.36. The first-order chi connectivity index (χ1) is 6.04. The van der Waals surface area contributed by atoms with Crippen molar-refractivity contribution in [2.24, 2.45) is 11.4 Å². The topological polar surface area (TPSA) is 117 Å². The maximum Gasteiger partial charge on any atom is 0.187 e. The van der Waals surface area contributed by atoms with Crippen LogP contribution < -0.4 is 11.4 Å². The number of nitrogens with two attached hydrogens (primary N) is 2. The molecule has 7 nitrogen and oxygen atoms in total. The molecule has 0 aliphatic heterocycles. The summed E-state index contributed by atoms with van der Waals surface area (Å²) in [5.41, 5.74) is 5.47. The Labute approximate surface area is 94.7 Å². The molecule has 0 aliphatic carbocycles. The molecule has 0 fully saturated rings. The smallest absolute Gasteiger partial charge is 0.187 e. The molecule has 0 aromatic rings. The predicted octanol–water partition coefficient (Wildman–Crippen LogP) is -1.42. The van der Waals surface area contributed by atoms with Gasteiger partial charge in [0.1, 0.15) is 0 Å². The van der Waals surface area contributed by atoms with Gasteiger partial charge in [-0.2, -0.15) is 0 Å². The Hall–Kier alpha value is 0.952. The van der Waals surface area contributed by atoms with Gasteiger partial charge < -0.3 is 0 Å². The molecule has 88 valence electrons. The van der Waals surface area contributed by atoms with Gasteiger partial charge in [-0.15, -0.1) is 0 Å². The van der Waals surface area contributed by atoms with Gasteiger partial charge in [-0.25, -0.2) is 0 Å². The van der Waals surface area contributed by atoms with E-state index in [1.54, 1.807) is 6.92 Å². The summed E-state index contributed by atoms with van der Waals surface area (Å²) < 4.78 is 24.5. The Morgan fingerprint density at radius 3 is 2.43 bits per heavy atom. The van der Waals surface area contributed by atoms with Gasteiger partial charge in [-0.3, -0.25) is 0 Å². The number of hydrogen-bond donors (Lipinski definition) is 3. The standard InChI is InChI=1S/C4H16N2O5P2.Al.3H/c1-2-9-13(6,11-5)10-3-4-12(7)8;;;;/h12-13H,2-6H2,1H3,(H,7,8);;;;. The van der Waals surface area contributed by atoms with Gasteiger partial charge in [0.15, 0.2) is 17.4 Å². The van der Waals surface area contributed by atoms with E-state index < -0.39 is 16.1 Å². The minimum Gasteiger partial charge on any atom is 0.187 e. The Morgan fingerprint density at radius 1 is 1.50 bits per heavy atom. The largest absolute Gasteiger partial charge is 0.187 e. The Morgan fingerprint density at radius 2 is 2.07 bits per heavy atom. The summed E-state index contributed by atoms with van der Waals surface area (Å²) in [6.07, 6.45) is 0.0209. The van der Waals surface area contributed by atoms with Gasteiger partial charge in [-0.1, -0.05) is 0 Å². The van der Waals surface area contributed by atoms with E-state index in [1.165, 1.54) is 0 Å². The van der Waals surface area contributed by atoms with Crippen molar-refractivity contribution in [3.63, 3.8) is 0 Å². The first kappa shape index (κ1) is 17.4. The average molecular weight is 264 g/mol. The van der Waals surface area contributed by atoms with E-state index >= 15 is 0 Å². The van der Waals surface area contributed by atoms with Gasteiger partial charge in [0.25, 0.3) is 0 Å². The molecule has 0 rings (SSSR count). The monoisotopic (exact) mass is 264 g/mol. The van der Waals surface area contributed by atoms with Crippen molar-refractivity contribution in [3.8, 4) is 0 Å². The van der Waals surface area contributed by atoms with E-state index in [1.807, 2.05) is 0 Å². The molecular weight excluding hydrogens is 245 g/mol. The van der Waals surface area contributed by atoms with Gasteiger partial charge in [0, 0.05) is 0 Å². The van der Waals surface area contributed by atoms with Crippen LogP contribution in [0.15, 0.2) is 0 Å². The van der Waals surface area contributed by atoms with Crippen LogP contribution in [0.4, 0.5) is 0 Å². The third-order valence-electron chi connectivity index (χ3n) is 1.13. The molecule has 0 heterocycles. The van der Waals surface area contributed by atoms with Crippen LogP contribution >= 0.6 is 16.1 Å². The van der Waals surface area contributed by atoms with Gasteiger partial charge in [0.05, 0.1) is 0 Å². The molecule has 0 bridgehead atoms. The van der Waals surface area contributed by atoms with Gasteiger partial charge in [-0.05, 0) is 0 Å². The molecule has 0 aromatic carbocycles. The SMILES string of the molecule is CCO[PH](N)(ON)OCC[PH](=O)O.[AlH3]. The molecule has 14 heavy (non-hydrogen) atoms. The Bertz CT molecular complexity index is 176. The summed E-state index contributed by atoms with van der Waals surface area (Å²) in [4.78, 5) is 8.48. The summed E-state index contributed by atoms with van der Waals surface area (Å²) in [6.45, 7) is 2.04. The van der Waals surface area contributed by atoms with E-state index in [0.717, 1.165) is 0 Å². The Kier molecular flexibility index (Phi) is 11.4. The zero-order chi connectivity index (χ0) is 10.3. The summed E-state index contributed by atoms with van der Waals surface area (Å²) >= 11 is 0. The molecule has 0 saturated carbocycles. The molecule has 5 N–H and O–H groups in total. The first-order valence-electron chi connectivity index (χ1n) is 3.70. The molecule has 0 spiro atoms. The minimum absolute atomic E-state index is 0. The van der Waals surface area contributed by atoms with Crippen LogP contribution in [0.2, 0.25) is 0 Å². The van der Waals surface area contributed by atoms with Crippen LogP contribution in [0.5, 0.6) is 0 Å². The molecule has 0 amide bonds. The molecule has 1 unspecified atom stereocenters. The van der Waals surface area contributed by atoms with E-state index in [0.29, 0.717) is 6.61 Å². The minimum atomic E-state index is -3.25. The van der Waals surface area contributed by atoms with Crippen molar-refractivity contribution in [2.45, 2.75) is 6.92 Å². The quantitative estimate of drug-likeness (QED) is 0.293. The molecule has 0 aromatic heterocycles. The number of rotatable bonds is 7. The fourth-order valence-corrected chi connectivity index (χ4v) is 2.08. The molecular formula is C4H19AlN2O5P2. The first-order valence-corrected chi connectivity index (χ1v) is 7.07. The van der Waals surface area contributed by atoms with Crippen LogP contribution in [0.25, 0.3) is 0 Å². The Balaban J connectivity index is 0. The third-order valence-corrected chi connectivity index (χ3v) is 3.39. The fraction of sp³-hybridized carbons (Fsp3) is 1.00. The van der Waals surface area contributed by atoms with Crippen LogP contribution in [0.1, 0.15) is 6.92 Å². The number of hydrogen-bond acceptors (Lipinski definition) is 6. The van der Waals surface area contributed by atoms with Crippen LogP contribution in [-0.2, 0) is 18.2 Å². The summed E-state index contributed by atoms with van der Waals surface area (Å²) in [5, 5.41) is 0. The van der Waals surface area contributed by atoms with Gasteiger partial charge >= 0.3 is 77.0 Å². The van der Waals surface area contributed by atoms with Crippen molar-refractivity contribution in [1.29, 1.82) is 0 Å². The molecule has 0 radical (unpaired) electrons. The molecule has 0 saturated heterocycles. The maximum atomic E-state index is 10.3. The summed E-state index contributed by atoms with van der Waals surface area (Å²) in [5.74, 6) is 4.86. The third kappa shape index (κ3) is 8.28. The molecule has 0 aliphatic rings. The normalized spacial score (nSPS) is 14.6. The predicted molar refractivity (Wildman–Crippen MR) is 61.4 cm³/mol. The maximum absolute atomic E-state index is 10.3. The van der Waals surface area contributed by atoms with Crippen molar-refractivity contribution in [1.82, 2.24) is 0 Å². The average Bonchev–Trinajstić information content (AvgIpc) is 2.04. The molecule has 10 heteroatoms. The van der Waals surface area contributed by atoms with Crippen molar-refractivity contribution >= 4 is 33.5 Å². The van der Waals surface area contributed by atoms with Crippen molar-refractivity contribution in [3.05, 3.63) is 0 Å². The van der Waals surface area contributed by atoms with E-state index in [2.05, 4.69) is 4.62 Å². The van der Waals surface area contributed by atoms with E-state index in [4.69, 9.17) is 25.3 Å². The van der Waals surface area contributed by atoms with E-state index in [9.17, 15) is 4.57 Å². The second-order valence-corrected chi connectivity index (χ2v) is 5.45. The summed E-state index contributed by atoms with van der Waals surface area (Å²) in [6, 6.07) is 0. The van der Waals surface area contributed by atoms with Gasteiger partial charge in [0.2, 0.25) is 0 Å².